The number of likely N-dealkylation sites (N-methyl/N-ethyl adjacent to an activating group) is 3. The fourth-order valence-corrected chi connectivity index (χ4v) is 17.3. The smallest absolute Gasteiger partial charge is 0.508 e. The number of aliphatic hydroxyl groups is 9. The molecule has 9 aliphatic carbocycles. The molecule has 30 heteroatoms. The highest BCUT2D eigenvalue weighted by atomic mass is 16.4. The zero-order valence-corrected chi connectivity index (χ0v) is 62.3. The van der Waals surface area contributed by atoms with Gasteiger partial charge in [0.25, 0.3) is 17.7 Å². The second-order valence-corrected chi connectivity index (χ2v) is 28.6. The molecule has 0 aromatic heterocycles. The van der Waals surface area contributed by atoms with Gasteiger partial charge in [0.2, 0.25) is 17.3 Å². The molecule has 0 bridgehead atoms. The lowest BCUT2D eigenvalue weighted by atomic mass is 9.57. The first kappa shape index (κ1) is 83.0. The number of hydrogen-bond donors (Lipinski definition) is 17. The van der Waals surface area contributed by atoms with Crippen LogP contribution in [0.3, 0.4) is 0 Å². The number of benzene rings is 5. The van der Waals surface area contributed by atoms with Crippen molar-refractivity contribution >= 4 is 82.3 Å². The molecule has 5 aromatic rings. The summed E-state index contributed by atoms with van der Waals surface area (Å²) in [5.74, 6) is -19.4. The zero-order valence-electron chi connectivity index (χ0n) is 63.3. The van der Waals surface area contributed by atoms with E-state index in [0.29, 0.717) is 35.0 Å². The van der Waals surface area contributed by atoms with Crippen LogP contribution >= 0.6 is 0 Å². The number of phenols is 3. The first-order valence-electron chi connectivity index (χ1n) is 35.6. The summed E-state index contributed by atoms with van der Waals surface area (Å²) >= 11 is 0. The number of carbonyl (C=O) groups excluding carboxylic acids is 9. The molecule has 110 heavy (non-hydrogen) atoms. The Morgan fingerprint density at radius 2 is 0.755 bits per heavy atom. The summed E-state index contributed by atoms with van der Waals surface area (Å²) in [5.41, 5.74) is 10.3. The van der Waals surface area contributed by atoms with Crippen molar-refractivity contribution in [3.05, 3.63) is 193 Å². The highest BCUT2D eigenvalue weighted by molar-refractivity contribution is 6.58. The highest BCUT2D eigenvalue weighted by Gasteiger charge is 2.68. The Morgan fingerprint density at radius 3 is 1.11 bits per heavy atom. The summed E-state index contributed by atoms with van der Waals surface area (Å²) < 4.78 is 0. The van der Waals surface area contributed by atoms with Crippen LogP contribution in [-0.2, 0) is 62.4 Å². The Labute approximate surface area is 634 Å². The monoisotopic (exact) mass is 1520 g/mol. The van der Waals surface area contributed by atoms with E-state index < -0.39 is 181 Å². The maximum Gasteiger partial charge on any atom is 1.00 e. The van der Waals surface area contributed by atoms with E-state index in [4.69, 9.17) is 27.2 Å². The second-order valence-electron chi connectivity index (χ2n) is 28.6. The van der Waals surface area contributed by atoms with Gasteiger partial charge in [-0.3, -0.25) is 57.9 Å². The Kier molecular flexibility index (Phi) is 23.7. The van der Waals surface area contributed by atoms with Crippen molar-refractivity contribution < 1.29 is 116 Å². The van der Waals surface area contributed by atoms with Gasteiger partial charge in [0.05, 0.1) is 34.8 Å². The SMILES string of the molecule is CC.CC.CN(C)[C@@H]1C(=O)C(C(N)=O)=C(O)[C@@]2(O)C(=O)C3=C(O)c4c(O)ccc(-c5ccccc5)c4CC3CC12.CN(C)[C@@H]1C(=O)C(C(N)=O)=C(O)[C@@]2(O)C(=O)C3=C(O)c4c(O)cccc4CC3CC12.Cc1ccc(O)c2c1CC1CC3[C@H](N(C)C)C(=O)C(C(N)=O)=C(O)[C@@]3(O)C(=O)C1=C2O.OB(O)c1ccccc1.[H+]. The highest BCUT2D eigenvalue weighted by Crippen LogP contribution is 2.57. The van der Waals surface area contributed by atoms with Crippen LogP contribution in [0.2, 0.25) is 0 Å². The van der Waals surface area contributed by atoms with Crippen LogP contribution in [0, 0.1) is 42.4 Å². The van der Waals surface area contributed by atoms with Gasteiger partial charge in [-0.2, -0.15) is 0 Å². The molecule has 0 saturated heterocycles. The van der Waals surface area contributed by atoms with Crippen LogP contribution < -0.4 is 22.7 Å². The van der Waals surface area contributed by atoms with Gasteiger partial charge >= 0.3 is 8.55 Å². The number of carbonyl (C=O) groups is 9. The average Bonchev–Trinajstić information content (AvgIpc) is 0.712. The number of primary amides is 3. The van der Waals surface area contributed by atoms with Crippen LogP contribution in [0.4, 0.5) is 0 Å². The third-order valence-corrected chi connectivity index (χ3v) is 22.1. The van der Waals surface area contributed by atoms with E-state index in [-0.39, 0.29) is 77.8 Å². The third-order valence-electron chi connectivity index (χ3n) is 22.1. The summed E-state index contributed by atoms with van der Waals surface area (Å²) in [4.78, 5) is 120. The Bertz CT molecular complexity index is 4870. The molecule has 0 radical (unpaired) electrons. The van der Waals surface area contributed by atoms with Crippen molar-refractivity contribution in [1.29, 1.82) is 0 Å². The van der Waals surface area contributed by atoms with Crippen LogP contribution in [-0.4, -0.2) is 223 Å². The lowest BCUT2D eigenvalue weighted by Crippen LogP contribution is -2.65. The van der Waals surface area contributed by atoms with Crippen LogP contribution in [0.25, 0.3) is 28.4 Å². The maximum absolute atomic E-state index is 13.8. The van der Waals surface area contributed by atoms with Gasteiger partial charge in [0.1, 0.15) is 68.5 Å². The first-order chi connectivity index (χ1) is 51.7. The van der Waals surface area contributed by atoms with Crippen molar-refractivity contribution in [3.63, 3.8) is 0 Å². The number of hydrogen-bond acceptors (Lipinski definition) is 26. The van der Waals surface area contributed by atoms with Crippen molar-refractivity contribution in [1.82, 2.24) is 14.7 Å². The average molecular weight is 1520 g/mol. The van der Waals surface area contributed by atoms with Gasteiger partial charge in [-0.05, 0) is 163 Å². The molecule has 582 valence electrons. The number of aryl methyl sites for hydroxylation is 1. The molecule has 0 aliphatic heterocycles. The molecular formula is C80H92BN6O23+. The molecule has 29 nitrogen and oxygen atoms in total. The number of aliphatic hydroxyl groups excluding tert-OH is 6. The van der Waals surface area contributed by atoms with Crippen LogP contribution in [0.5, 0.6) is 17.2 Å². The number of phenolic OH excluding ortho intramolecular Hbond substituents is 3. The number of ketones is 6. The van der Waals surface area contributed by atoms with Crippen molar-refractivity contribution in [2.24, 2.45) is 52.7 Å². The lowest BCUT2D eigenvalue weighted by molar-refractivity contribution is -0.155. The molecule has 20 N–H and O–H groups in total. The van der Waals surface area contributed by atoms with E-state index in [9.17, 15) is 104 Å². The fourth-order valence-electron chi connectivity index (χ4n) is 17.3. The van der Waals surface area contributed by atoms with Crippen molar-refractivity contribution in [2.45, 2.75) is 108 Å². The summed E-state index contributed by atoms with van der Waals surface area (Å²) in [5, 5.41) is 148. The topological polar surface area (TPSA) is 525 Å². The van der Waals surface area contributed by atoms with E-state index in [2.05, 4.69) is 0 Å². The minimum absolute atomic E-state index is 0. The Balaban J connectivity index is 0.000000193. The van der Waals surface area contributed by atoms with E-state index in [1.54, 1.807) is 90.8 Å². The summed E-state index contributed by atoms with van der Waals surface area (Å²) in [6, 6.07) is 25.7. The number of Topliss-reactive ketones (excluding diaryl/α,β-unsaturated/α-hetero) is 6. The van der Waals surface area contributed by atoms with Crippen molar-refractivity contribution in [3.8, 4) is 28.4 Å². The predicted molar refractivity (Wildman–Crippen MR) is 403 cm³/mol. The largest absolute Gasteiger partial charge is 1.00 e. The van der Waals surface area contributed by atoms with E-state index >= 15 is 0 Å². The number of amides is 3. The Morgan fingerprint density at radius 1 is 0.427 bits per heavy atom. The molecular weight excluding hydrogens is 1420 g/mol. The van der Waals surface area contributed by atoms with Gasteiger partial charge in [0, 0.05) is 34.5 Å². The summed E-state index contributed by atoms with van der Waals surface area (Å²) in [7, 11) is 8.05. The molecule has 6 unspecified atom stereocenters. The second kappa shape index (κ2) is 31.5. The lowest BCUT2D eigenvalue weighted by Gasteiger charge is -2.50. The quantitative estimate of drug-likeness (QED) is 0.0782. The van der Waals surface area contributed by atoms with Crippen LogP contribution in [0.1, 0.15) is 87.3 Å². The van der Waals surface area contributed by atoms with E-state index in [0.717, 1.165) is 16.7 Å². The van der Waals surface area contributed by atoms with Gasteiger partial charge < -0.3 is 88.5 Å². The molecule has 5 aromatic carbocycles. The number of rotatable bonds is 8. The van der Waals surface area contributed by atoms with Gasteiger partial charge in [0.15, 0.2) is 34.2 Å². The van der Waals surface area contributed by atoms with Gasteiger partial charge in [-0.25, -0.2) is 0 Å². The minimum atomic E-state index is -2.64. The summed E-state index contributed by atoms with van der Waals surface area (Å²) in [6.07, 6.45) is 1.06. The van der Waals surface area contributed by atoms with Crippen LogP contribution in [0.15, 0.2) is 154 Å². The fraction of sp³-hybridized carbons (Fsp3) is 0.362. The zero-order chi connectivity index (χ0) is 81.9. The molecule has 14 rings (SSSR count). The van der Waals surface area contributed by atoms with Crippen molar-refractivity contribution in [2.75, 3.05) is 42.3 Å². The standard InChI is InChI=1S/C27H26N2O7.C22H24N2O7.C21H22N2O7.C6H7BO2.2C2H6/c1-29(2)21-16-11-13-10-15-14(12-6-4-3-5-7-12)8-9-17(30)19(15)22(31)18(13)24(33)27(16,36)25(34)20(23(21)32)26(28)35;1-8-4-5-12(25)14-10(8)6-9-7-11-16(24(2)3)18(27)15(21(23)30)20(29)22(11,31)19(28)13(9)17(14)26;1-23(2)15-10-7-9-6-8-4-3-5-11(24)12(8)16(25)13(9)18(27)21(10,30)19(28)14(17(15)26)20(22)29;8-7(9)6-4-2-1-3-5-6;2*1-2/h3-9,13,16,21,30-31,34,36H,10-11H2,1-2H3,(H2,28,35);4-5,9,11,16,25-26,29,31H,6-7H2,1-3H3,(H2,23,30);3-5,9-10,15,24-25,28,30H,6-7H2,1-2H3,(H2,22,29);1-5,8-9H;2*1-2H3/p+1/t13?,16?,21-,27-;9?,11?,16-,22-;9?,10?,15-,21-;;;/m000.../s1. The molecule has 9 aliphatic rings. The normalized spacial score (nSPS) is 26.8. The molecule has 3 amide bonds. The van der Waals surface area contributed by atoms with E-state index in [1.807, 2.05) is 71.0 Å². The molecule has 3 fully saturated rings. The number of nitrogens with two attached hydrogens (primary N) is 3. The molecule has 0 spiro atoms. The molecule has 12 atom stereocenters. The molecule has 0 heterocycles. The minimum Gasteiger partial charge on any atom is -0.508 e. The Hall–Kier alpha value is -11.1. The van der Waals surface area contributed by atoms with Gasteiger partial charge in [-0.15, -0.1) is 0 Å². The predicted octanol–water partition coefficient (Wildman–Crippen LogP) is 3.40. The van der Waals surface area contributed by atoms with Gasteiger partial charge in [-0.1, -0.05) is 113 Å². The van der Waals surface area contributed by atoms with E-state index in [1.165, 1.54) is 32.9 Å². The first-order valence-corrected chi connectivity index (χ1v) is 35.6. The molecule has 3 saturated carbocycles. The maximum atomic E-state index is 13.8. The number of nitrogens with zero attached hydrogens (tertiary/aromatic N) is 3. The summed E-state index contributed by atoms with van der Waals surface area (Å²) in [6.45, 7) is 9.82. The number of aromatic hydroxyl groups is 3. The number of fused-ring (bicyclic) bond motifs is 9. The third kappa shape index (κ3) is 13.3.